The van der Waals surface area contributed by atoms with Crippen molar-refractivity contribution in [3.8, 4) is 6.07 Å². The van der Waals surface area contributed by atoms with Gasteiger partial charge >= 0.3 is 0 Å². The van der Waals surface area contributed by atoms with E-state index in [1.165, 1.54) is 0 Å². The molecule has 0 unspecified atom stereocenters. The zero-order valence-electron chi connectivity index (χ0n) is 6.55. The lowest BCUT2D eigenvalue weighted by Crippen LogP contribution is -1.99. The monoisotopic (exact) mass is 181 g/mol. The van der Waals surface area contributed by atoms with Crippen LogP contribution in [0, 0.1) is 23.0 Å². The highest BCUT2D eigenvalue weighted by Crippen LogP contribution is 2.15. The highest BCUT2D eigenvalue weighted by molar-refractivity contribution is 5.77. The molecule has 0 amide bonds. The van der Waals surface area contributed by atoms with E-state index in [0.29, 0.717) is 6.29 Å². The smallest absolute Gasteiger partial charge is 0.163 e. The molecule has 1 aromatic carbocycles. The van der Waals surface area contributed by atoms with Crippen molar-refractivity contribution in [1.29, 1.82) is 5.26 Å². The van der Waals surface area contributed by atoms with Crippen molar-refractivity contribution in [1.82, 2.24) is 0 Å². The van der Waals surface area contributed by atoms with Crippen LogP contribution in [0.3, 0.4) is 0 Å². The van der Waals surface area contributed by atoms with Gasteiger partial charge in [0.15, 0.2) is 11.6 Å². The van der Waals surface area contributed by atoms with E-state index in [2.05, 4.69) is 0 Å². The minimum Gasteiger partial charge on any atom is -0.298 e. The van der Waals surface area contributed by atoms with Crippen molar-refractivity contribution in [3.05, 3.63) is 34.9 Å². The Labute approximate surface area is 73.4 Å². The Morgan fingerprint density at radius 2 is 2.15 bits per heavy atom. The van der Waals surface area contributed by atoms with Gasteiger partial charge in [-0.2, -0.15) is 5.26 Å². The summed E-state index contributed by atoms with van der Waals surface area (Å²) in [6, 6.07) is 3.67. The molecule has 0 aromatic heterocycles. The summed E-state index contributed by atoms with van der Waals surface area (Å²) in [5.41, 5.74) is -0.169. The normalized spacial score (nSPS) is 9.31. The molecular weight excluding hydrogens is 176 g/mol. The molecule has 0 saturated carbocycles. The van der Waals surface area contributed by atoms with Gasteiger partial charge in [0.2, 0.25) is 0 Å². The molecule has 0 aliphatic carbocycles. The Morgan fingerprint density at radius 1 is 1.46 bits per heavy atom. The number of benzene rings is 1. The molecule has 4 heteroatoms. The second-order valence-corrected chi connectivity index (χ2v) is 2.38. The van der Waals surface area contributed by atoms with Crippen LogP contribution in [-0.2, 0) is 6.42 Å². The quantitative estimate of drug-likeness (QED) is 0.653. The number of carbonyl (C=O) groups excluding carboxylic acids is 1. The first-order valence-corrected chi connectivity index (χ1v) is 3.49. The molecule has 0 saturated heterocycles. The van der Waals surface area contributed by atoms with Crippen LogP contribution < -0.4 is 0 Å². The second kappa shape index (κ2) is 3.76. The number of hydrogen-bond acceptors (Lipinski definition) is 2. The summed E-state index contributed by atoms with van der Waals surface area (Å²) in [6.45, 7) is 0. The molecule has 13 heavy (non-hydrogen) atoms. The largest absolute Gasteiger partial charge is 0.298 e. The zero-order valence-corrected chi connectivity index (χ0v) is 6.55. The first-order valence-electron chi connectivity index (χ1n) is 3.49. The first-order chi connectivity index (χ1) is 6.20. The summed E-state index contributed by atoms with van der Waals surface area (Å²) in [5.74, 6) is -2.16. The molecule has 0 aliphatic heterocycles. The molecule has 2 nitrogen and oxygen atoms in total. The molecule has 0 N–H and O–H groups in total. The van der Waals surface area contributed by atoms with Gasteiger partial charge in [-0.3, -0.25) is 4.79 Å². The zero-order chi connectivity index (χ0) is 9.84. The van der Waals surface area contributed by atoms with Crippen molar-refractivity contribution in [2.24, 2.45) is 0 Å². The van der Waals surface area contributed by atoms with E-state index in [4.69, 9.17) is 5.26 Å². The molecular formula is C9H5F2NO. The third-order valence-corrected chi connectivity index (χ3v) is 1.62. The molecule has 1 rings (SSSR count). The minimum absolute atomic E-state index is 0.0143. The fourth-order valence-electron chi connectivity index (χ4n) is 0.977. The lowest BCUT2D eigenvalue weighted by molar-refractivity contribution is 0.112. The van der Waals surface area contributed by atoms with Crippen LogP contribution in [0.15, 0.2) is 12.1 Å². The average Bonchev–Trinajstić information content (AvgIpc) is 2.14. The third kappa shape index (κ3) is 1.70. The Bertz CT molecular complexity index is 382. The van der Waals surface area contributed by atoms with Crippen LogP contribution in [-0.4, -0.2) is 6.29 Å². The van der Waals surface area contributed by atoms with E-state index >= 15 is 0 Å². The molecule has 1 aromatic rings. The van der Waals surface area contributed by atoms with E-state index < -0.39 is 11.6 Å². The molecule has 0 aliphatic rings. The summed E-state index contributed by atoms with van der Waals surface area (Å²) in [5, 5.41) is 8.30. The Kier molecular flexibility index (Phi) is 2.70. The molecule has 0 radical (unpaired) electrons. The van der Waals surface area contributed by atoms with Crippen molar-refractivity contribution in [3.63, 3.8) is 0 Å². The predicted octanol–water partition coefficient (Wildman–Crippen LogP) is 1.84. The van der Waals surface area contributed by atoms with E-state index in [0.717, 1.165) is 12.1 Å². The molecule has 66 valence electrons. The highest BCUT2D eigenvalue weighted by Gasteiger charge is 2.12. The molecule has 0 bridgehead atoms. The number of halogens is 2. The predicted molar refractivity (Wildman–Crippen MR) is 41.1 cm³/mol. The topological polar surface area (TPSA) is 40.9 Å². The van der Waals surface area contributed by atoms with Gasteiger partial charge in [-0.1, -0.05) is 0 Å². The van der Waals surface area contributed by atoms with Crippen LogP contribution in [0.25, 0.3) is 0 Å². The Hall–Kier alpha value is -1.76. The van der Waals surface area contributed by atoms with Gasteiger partial charge in [0.05, 0.1) is 12.5 Å². The second-order valence-electron chi connectivity index (χ2n) is 2.38. The van der Waals surface area contributed by atoms with E-state index in [1.807, 2.05) is 0 Å². The highest BCUT2D eigenvalue weighted by atomic mass is 19.2. The summed E-state index contributed by atoms with van der Waals surface area (Å²) in [7, 11) is 0. The molecule has 0 atom stereocenters. The average molecular weight is 181 g/mol. The van der Waals surface area contributed by atoms with Gasteiger partial charge in [-0.05, 0) is 12.1 Å². The van der Waals surface area contributed by atoms with Crippen LogP contribution in [0.4, 0.5) is 8.78 Å². The standard InChI is InChI=1S/C9H5F2NO/c10-8-2-1-6(5-13)7(3-4-12)9(8)11/h1-2,5H,3H2. The third-order valence-electron chi connectivity index (χ3n) is 1.62. The van der Waals surface area contributed by atoms with Gasteiger partial charge < -0.3 is 0 Å². The van der Waals surface area contributed by atoms with Gasteiger partial charge in [0.25, 0.3) is 0 Å². The van der Waals surface area contributed by atoms with Gasteiger partial charge in [0.1, 0.15) is 6.29 Å². The summed E-state index contributed by atoms with van der Waals surface area (Å²) in [6.07, 6.45) is 0.0901. The van der Waals surface area contributed by atoms with Crippen molar-refractivity contribution >= 4 is 6.29 Å². The maximum atomic E-state index is 13.0. The maximum Gasteiger partial charge on any atom is 0.163 e. The maximum absolute atomic E-state index is 13.0. The van der Waals surface area contributed by atoms with Crippen LogP contribution in [0.1, 0.15) is 15.9 Å². The number of nitrogens with zero attached hydrogens (tertiary/aromatic N) is 1. The van der Waals surface area contributed by atoms with Crippen LogP contribution in [0.5, 0.6) is 0 Å². The van der Waals surface area contributed by atoms with Crippen LogP contribution in [0.2, 0.25) is 0 Å². The Balaban J connectivity index is 3.33. The molecule has 0 fully saturated rings. The fourth-order valence-corrected chi connectivity index (χ4v) is 0.977. The van der Waals surface area contributed by atoms with Crippen molar-refractivity contribution < 1.29 is 13.6 Å². The van der Waals surface area contributed by atoms with E-state index in [-0.39, 0.29) is 17.5 Å². The van der Waals surface area contributed by atoms with Crippen molar-refractivity contribution in [2.45, 2.75) is 6.42 Å². The lowest BCUT2D eigenvalue weighted by atomic mass is 10.1. The number of carbonyl (C=O) groups is 1. The number of nitriles is 1. The molecule has 0 heterocycles. The lowest BCUT2D eigenvalue weighted by Gasteiger charge is -2.01. The first kappa shape index (κ1) is 9.33. The molecule has 0 spiro atoms. The summed E-state index contributed by atoms with van der Waals surface area (Å²) in [4.78, 5) is 10.4. The Morgan fingerprint density at radius 3 is 2.69 bits per heavy atom. The number of hydrogen-bond donors (Lipinski definition) is 0. The summed E-state index contributed by atoms with van der Waals surface area (Å²) >= 11 is 0. The van der Waals surface area contributed by atoms with Crippen LogP contribution >= 0.6 is 0 Å². The van der Waals surface area contributed by atoms with E-state index in [9.17, 15) is 13.6 Å². The van der Waals surface area contributed by atoms with Gasteiger partial charge in [-0.25, -0.2) is 8.78 Å². The van der Waals surface area contributed by atoms with Gasteiger partial charge in [0, 0.05) is 11.1 Å². The fraction of sp³-hybridized carbons (Fsp3) is 0.111. The minimum atomic E-state index is -1.12. The SMILES string of the molecule is N#CCc1c(C=O)ccc(F)c1F. The summed E-state index contributed by atoms with van der Waals surface area (Å²) < 4.78 is 25.6. The number of rotatable bonds is 2. The van der Waals surface area contributed by atoms with E-state index in [1.54, 1.807) is 6.07 Å². The number of aldehydes is 1. The van der Waals surface area contributed by atoms with Crippen molar-refractivity contribution in [2.75, 3.05) is 0 Å². The van der Waals surface area contributed by atoms with Gasteiger partial charge in [-0.15, -0.1) is 0 Å².